The van der Waals surface area contributed by atoms with Crippen molar-refractivity contribution in [3.63, 3.8) is 0 Å². The summed E-state index contributed by atoms with van der Waals surface area (Å²) in [5.41, 5.74) is 5.06. The van der Waals surface area contributed by atoms with Gasteiger partial charge in [0, 0.05) is 6.07 Å². The van der Waals surface area contributed by atoms with Crippen molar-refractivity contribution in [2.24, 2.45) is 0 Å². The molecule has 0 unspecified atom stereocenters. The van der Waals surface area contributed by atoms with Crippen molar-refractivity contribution in [3.05, 3.63) is 35.2 Å². The molecule has 3 N–H and O–H groups in total. The summed E-state index contributed by atoms with van der Waals surface area (Å²) in [6.07, 6.45) is -4.46. The molecule has 0 aliphatic carbocycles. The van der Waals surface area contributed by atoms with Gasteiger partial charge >= 0.3 is 6.18 Å². The summed E-state index contributed by atoms with van der Waals surface area (Å²) in [7, 11) is 0. The van der Waals surface area contributed by atoms with Crippen molar-refractivity contribution in [1.82, 2.24) is 10.1 Å². The van der Waals surface area contributed by atoms with Crippen molar-refractivity contribution in [1.29, 1.82) is 0 Å². The average Bonchev–Trinajstić information content (AvgIpc) is 2.71. The zero-order valence-electron chi connectivity index (χ0n) is 9.95. The van der Waals surface area contributed by atoms with Crippen molar-refractivity contribution in [3.8, 4) is 0 Å². The summed E-state index contributed by atoms with van der Waals surface area (Å²) in [5.74, 6) is 0.454. The maximum Gasteiger partial charge on any atom is 0.416 e. The molecule has 0 atom stereocenters. The molecule has 5 nitrogen and oxygen atoms in total. The number of anilines is 2. The first-order valence-corrected chi connectivity index (χ1v) is 5.35. The Kier molecular flexibility index (Phi) is 3.32. The van der Waals surface area contributed by atoms with Crippen LogP contribution in [0, 0.1) is 6.92 Å². The Labute approximate surface area is 106 Å². The number of rotatable bonds is 3. The van der Waals surface area contributed by atoms with E-state index >= 15 is 0 Å². The van der Waals surface area contributed by atoms with E-state index in [1.807, 2.05) is 0 Å². The molecule has 0 aliphatic rings. The molecule has 0 spiro atoms. The van der Waals surface area contributed by atoms with Gasteiger partial charge < -0.3 is 15.6 Å². The highest BCUT2D eigenvalue weighted by molar-refractivity contribution is 5.47. The van der Waals surface area contributed by atoms with Crippen molar-refractivity contribution < 1.29 is 17.7 Å². The van der Waals surface area contributed by atoms with Crippen molar-refractivity contribution >= 4 is 11.6 Å². The molecule has 0 radical (unpaired) electrons. The number of aromatic nitrogens is 2. The summed E-state index contributed by atoms with van der Waals surface area (Å²) < 4.78 is 42.6. The lowest BCUT2D eigenvalue weighted by Gasteiger charge is -2.10. The fraction of sp³-hybridized carbons (Fsp3) is 0.273. The third kappa shape index (κ3) is 3.36. The SMILES string of the molecule is Cc1cc(CNc2cc(C(F)(F)F)cc(N)n2)no1. The van der Waals surface area contributed by atoms with Crippen LogP contribution in [0.2, 0.25) is 0 Å². The van der Waals surface area contributed by atoms with Gasteiger partial charge in [0.1, 0.15) is 23.1 Å². The van der Waals surface area contributed by atoms with Crippen LogP contribution in [0.3, 0.4) is 0 Å². The predicted molar refractivity (Wildman–Crippen MR) is 62.2 cm³/mol. The van der Waals surface area contributed by atoms with Crippen LogP contribution in [0.1, 0.15) is 17.0 Å². The van der Waals surface area contributed by atoms with Gasteiger partial charge in [-0.15, -0.1) is 0 Å². The van der Waals surface area contributed by atoms with Crippen LogP contribution in [-0.2, 0) is 12.7 Å². The van der Waals surface area contributed by atoms with Crippen LogP contribution in [-0.4, -0.2) is 10.1 Å². The quantitative estimate of drug-likeness (QED) is 0.898. The average molecular weight is 272 g/mol. The number of aryl methyl sites for hydroxylation is 1. The second-order valence-electron chi connectivity index (χ2n) is 3.95. The van der Waals surface area contributed by atoms with Crippen molar-refractivity contribution in [2.75, 3.05) is 11.1 Å². The van der Waals surface area contributed by atoms with Gasteiger partial charge in [-0.05, 0) is 19.1 Å². The van der Waals surface area contributed by atoms with Crippen LogP contribution in [0.15, 0.2) is 22.7 Å². The highest BCUT2D eigenvalue weighted by Gasteiger charge is 2.31. The smallest absolute Gasteiger partial charge is 0.384 e. The Morgan fingerprint density at radius 1 is 1.32 bits per heavy atom. The molecule has 0 aliphatic heterocycles. The summed E-state index contributed by atoms with van der Waals surface area (Å²) >= 11 is 0. The minimum absolute atomic E-state index is 0.0352. The summed E-state index contributed by atoms with van der Waals surface area (Å²) in [5, 5.41) is 6.42. The second-order valence-corrected chi connectivity index (χ2v) is 3.95. The number of halogens is 3. The van der Waals surface area contributed by atoms with Gasteiger partial charge in [0.05, 0.1) is 12.1 Å². The molecule has 0 saturated heterocycles. The van der Waals surface area contributed by atoms with E-state index in [-0.39, 0.29) is 18.2 Å². The molecule has 0 amide bonds. The van der Waals surface area contributed by atoms with Gasteiger partial charge in [-0.1, -0.05) is 5.16 Å². The minimum atomic E-state index is -4.46. The van der Waals surface area contributed by atoms with Crippen molar-refractivity contribution in [2.45, 2.75) is 19.6 Å². The predicted octanol–water partition coefficient (Wildman–Crippen LogP) is 2.59. The van der Waals surface area contributed by atoms with E-state index in [1.54, 1.807) is 13.0 Å². The maximum absolute atomic E-state index is 12.6. The number of nitrogens with one attached hydrogen (secondary N) is 1. The maximum atomic E-state index is 12.6. The molecule has 2 aromatic rings. The molecule has 0 fully saturated rings. The Balaban J connectivity index is 2.14. The van der Waals surface area contributed by atoms with Crippen LogP contribution >= 0.6 is 0 Å². The van der Waals surface area contributed by atoms with E-state index in [0.29, 0.717) is 11.5 Å². The molecular weight excluding hydrogens is 261 g/mol. The van der Waals surface area contributed by atoms with E-state index in [9.17, 15) is 13.2 Å². The number of hydrogen-bond acceptors (Lipinski definition) is 5. The molecule has 19 heavy (non-hydrogen) atoms. The lowest BCUT2D eigenvalue weighted by Crippen LogP contribution is -2.09. The highest BCUT2D eigenvalue weighted by atomic mass is 19.4. The number of nitrogen functional groups attached to an aromatic ring is 1. The molecule has 0 aromatic carbocycles. The van der Waals surface area contributed by atoms with Gasteiger partial charge in [0.15, 0.2) is 0 Å². The standard InChI is InChI=1S/C11H11F3N4O/c1-6-2-8(18-19-6)5-16-10-4-7(11(12,13)14)3-9(15)17-10/h2-4H,5H2,1H3,(H3,15,16,17). The zero-order chi connectivity index (χ0) is 14.0. The number of pyridine rings is 1. The second kappa shape index (κ2) is 4.79. The number of nitrogens with two attached hydrogens (primary N) is 1. The fourth-order valence-corrected chi connectivity index (χ4v) is 1.49. The molecule has 2 aromatic heterocycles. The number of hydrogen-bond donors (Lipinski definition) is 2. The Morgan fingerprint density at radius 3 is 2.63 bits per heavy atom. The molecule has 2 heterocycles. The van der Waals surface area contributed by atoms with Gasteiger partial charge in [-0.25, -0.2) is 4.98 Å². The first-order valence-electron chi connectivity index (χ1n) is 5.35. The molecular formula is C11H11F3N4O. The van der Waals surface area contributed by atoms with E-state index < -0.39 is 11.7 Å². The molecule has 0 saturated carbocycles. The first-order chi connectivity index (χ1) is 8.84. The lowest BCUT2D eigenvalue weighted by atomic mass is 10.2. The Bertz CT molecular complexity index is 580. The lowest BCUT2D eigenvalue weighted by molar-refractivity contribution is -0.137. The van der Waals surface area contributed by atoms with E-state index in [4.69, 9.17) is 10.3 Å². The topological polar surface area (TPSA) is 77.0 Å². The van der Waals surface area contributed by atoms with Crippen LogP contribution in [0.4, 0.5) is 24.8 Å². The molecule has 102 valence electrons. The van der Waals surface area contributed by atoms with Gasteiger partial charge in [0.2, 0.25) is 0 Å². The van der Waals surface area contributed by atoms with E-state index in [0.717, 1.165) is 12.1 Å². The third-order valence-corrected chi connectivity index (χ3v) is 2.30. The van der Waals surface area contributed by atoms with E-state index in [1.165, 1.54) is 0 Å². The van der Waals surface area contributed by atoms with Crippen LogP contribution < -0.4 is 11.1 Å². The molecule has 0 bridgehead atoms. The monoisotopic (exact) mass is 272 g/mol. The van der Waals surface area contributed by atoms with E-state index in [2.05, 4.69) is 15.5 Å². The zero-order valence-corrected chi connectivity index (χ0v) is 9.95. The Hall–Kier alpha value is -2.25. The highest BCUT2D eigenvalue weighted by Crippen LogP contribution is 2.31. The third-order valence-electron chi connectivity index (χ3n) is 2.30. The molecule has 2 rings (SSSR count). The normalized spacial score (nSPS) is 11.6. The molecule has 8 heteroatoms. The van der Waals surface area contributed by atoms with Gasteiger partial charge in [0.25, 0.3) is 0 Å². The minimum Gasteiger partial charge on any atom is -0.384 e. The summed E-state index contributed by atoms with van der Waals surface area (Å²) in [6, 6.07) is 3.35. The summed E-state index contributed by atoms with van der Waals surface area (Å²) in [4.78, 5) is 3.78. The summed E-state index contributed by atoms with van der Waals surface area (Å²) in [6.45, 7) is 1.92. The fourth-order valence-electron chi connectivity index (χ4n) is 1.49. The first kappa shape index (κ1) is 13.2. The largest absolute Gasteiger partial charge is 0.416 e. The Morgan fingerprint density at radius 2 is 2.05 bits per heavy atom. The van der Waals surface area contributed by atoms with Gasteiger partial charge in [-0.3, -0.25) is 0 Å². The van der Waals surface area contributed by atoms with Crippen LogP contribution in [0.5, 0.6) is 0 Å². The number of alkyl halides is 3. The van der Waals surface area contributed by atoms with Gasteiger partial charge in [-0.2, -0.15) is 13.2 Å². The van der Waals surface area contributed by atoms with Crippen LogP contribution in [0.25, 0.3) is 0 Å². The number of nitrogens with zero attached hydrogens (tertiary/aromatic N) is 2.